The lowest BCUT2D eigenvalue weighted by atomic mass is 10.4. The van der Waals surface area contributed by atoms with E-state index in [0.29, 0.717) is 6.20 Å². The fourth-order valence-electron chi connectivity index (χ4n) is 0.404. The Morgan fingerprint density at radius 1 is 1.44 bits per heavy atom. The quantitative estimate of drug-likeness (QED) is 0.513. The fraction of sp³-hybridized carbons (Fsp3) is 0.250. The first kappa shape index (κ1) is 6.12. The van der Waals surface area contributed by atoms with Gasteiger partial charge < -0.3 is 0 Å². The van der Waals surface area contributed by atoms with Gasteiger partial charge in [-0.05, 0) is 0 Å². The monoisotopic (exact) mass is 135 g/mol. The first-order valence-electron chi connectivity index (χ1n) is 2.13. The molecule has 1 rings (SSSR count). The van der Waals surface area contributed by atoms with Crippen LogP contribution in [0.3, 0.4) is 0 Å². The summed E-state index contributed by atoms with van der Waals surface area (Å²) in [5, 5.41) is 2.84. The van der Waals surface area contributed by atoms with Crippen molar-refractivity contribution in [3.63, 3.8) is 0 Å². The molecule has 0 N–H and O–H groups in total. The Morgan fingerprint density at radius 3 is 2.33 bits per heavy atom. The molecule has 0 bridgehead atoms. The van der Waals surface area contributed by atoms with Gasteiger partial charge in [0.1, 0.15) is 0 Å². The van der Waals surface area contributed by atoms with Crippen LogP contribution in [0.1, 0.15) is 0 Å². The van der Waals surface area contributed by atoms with E-state index in [-0.39, 0.29) is 0 Å². The molecule has 1 aliphatic rings. The van der Waals surface area contributed by atoms with Crippen molar-refractivity contribution < 1.29 is 13.2 Å². The third-order valence-electron chi connectivity index (χ3n) is 0.788. The van der Waals surface area contributed by atoms with Crippen LogP contribution in [0, 0.1) is 0 Å². The van der Waals surface area contributed by atoms with Crippen molar-refractivity contribution in [2.75, 3.05) is 0 Å². The highest BCUT2D eigenvalue weighted by Gasteiger charge is 2.22. The van der Waals surface area contributed by atoms with E-state index in [1.807, 2.05) is 0 Å². The number of hydrogen-bond acceptors (Lipinski definition) is 1. The van der Waals surface area contributed by atoms with E-state index in [1.54, 1.807) is 0 Å². The van der Waals surface area contributed by atoms with Crippen molar-refractivity contribution in [3.8, 4) is 0 Å². The second-order valence-electron chi connectivity index (χ2n) is 1.38. The molecule has 0 saturated heterocycles. The second-order valence-corrected chi connectivity index (χ2v) is 1.38. The van der Waals surface area contributed by atoms with E-state index in [1.165, 1.54) is 0 Å². The molecule has 0 saturated carbocycles. The molecule has 0 unspecified atom stereocenters. The highest BCUT2D eigenvalue weighted by molar-refractivity contribution is 6.01. The van der Waals surface area contributed by atoms with Crippen molar-refractivity contribution in [3.05, 3.63) is 12.0 Å². The van der Waals surface area contributed by atoms with Gasteiger partial charge in [0.15, 0.2) is 11.5 Å². The van der Waals surface area contributed by atoms with Crippen LogP contribution in [0.4, 0.5) is 13.2 Å². The van der Waals surface area contributed by atoms with E-state index >= 15 is 0 Å². The molecule has 0 atom stereocenters. The topological polar surface area (TPSA) is 26.5 Å². The highest BCUT2D eigenvalue weighted by Crippen LogP contribution is 2.11. The smallest absolute Gasteiger partial charge is 0.203 e. The minimum atomic E-state index is -2.87. The third kappa shape index (κ3) is 1.04. The summed E-state index contributed by atoms with van der Waals surface area (Å²) in [6.45, 7) is 0. The molecule has 0 aromatic heterocycles. The molecule has 1 aliphatic heterocycles. The largest absolute Gasteiger partial charge is 0.285 e. The number of allylic oxidation sites excluding steroid dienone is 1. The lowest BCUT2D eigenvalue weighted by molar-refractivity contribution is 0.224. The zero-order valence-corrected chi connectivity index (χ0v) is 4.18. The standard InChI is InChI=1S/C4H2F3N2/c5-2-1-8-9-3(2)4(6)7/h1,4H. The summed E-state index contributed by atoms with van der Waals surface area (Å²) in [6, 6.07) is 0. The summed E-state index contributed by atoms with van der Waals surface area (Å²) in [5.41, 5.74) is 2.06. The summed E-state index contributed by atoms with van der Waals surface area (Å²) in [7, 11) is 0. The summed E-state index contributed by atoms with van der Waals surface area (Å²) in [6.07, 6.45) is -2.21. The van der Waals surface area contributed by atoms with Gasteiger partial charge in [-0.1, -0.05) is 0 Å². The summed E-state index contributed by atoms with van der Waals surface area (Å²) in [4.78, 5) is 0. The van der Waals surface area contributed by atoms with Gasteiger partial charge >= 0.3 is 0 Å². The minimum absolute atomic E-state index is 0.654. The zero-order chi connectivity index (χ0) is 6.85. The van der Waals surface area contributed by atoms with Gasteiger partial charge in [-0.2, -0.15) is 5.43 Å². The van der Waals surface area contributed by atoms with Crippen LogP contribution in [0.5, 0.6) is 0 Å². The van der Waals surface area contributed by atoms with E-state index < -0.39 is 18.0 Å². The molecule has 1 heterocycles. The molecule has 0 aliphatic carbocycles. The molecular formula is C4H2F3N2. The van der Waals surface area contributed by atoms with Crippen molar-refractivity contribution in [2.24, 2.45) is 5.10 Å². The SMILES string of the molecule is FC1=C[N]N=C1C(F)F. The molecular weight excluding hydrogens is 133 g/mol. The average molecular weight is 135 g/mol. The minimum Gasteiger partial charge on any atom is -0.203 e. The van der Waals surface area contributed by atoms with E-state index in [4.69, 9.17) is 0 Å². The molecule has 5 heteroatoms. The van der Waals surface area contributed by atoms with E-state index in [9.17, 15) is 13.2 Å². The van der Waals surface area contributed by atoms with Crippen LogP contribution in [-0.2, 0) is 0 Å². The van der Waals surface area contributed by atoms with Crippen LogP contribution in [0.2, 0.25) is 0 Å². The van der Waals surface area contributed by atoms with E-state index in [2.05, 4.69) is 10.5 Å². The number of nitrogens with zero attached hydrogens (tertiary/aromatic N) is 2. The van der Waals surface area contributed by atoms with Gasteiger partial charge in [0.25, 0.3) is 6.43 Å². The van der Waals surface area contributed by atoms with Crippen LogP contribution in [0.25, 0.3) is 0 Å². The zero-order valence-electron chi connectivity index (χ0n) is 4.18. The van der Waals surface area contributed by atoms with Crippen LogP contribution < -0.4 is 5.43 Å². The maximum absolute atomic E-state index is 12.0. The highest BCUT2D eigenvalue weighted by atomic mass is 19.3. The van der Waals surface area contributed by atoms with Crippen molar-refractivity contribution in [1.82, 2.24) is 5.43 Å². The van der Waals surface area contributed by atoms with E-state index in [0.717, 1.165) is 0 Å². The maximum Gasteiger partial charge on any atom is 0.285 e. The normalized spacial score (nSPS) is 17.3. The Labute approximate surface area is 49.1 Å². The Kier molecular flexibility index (Phi) is 1.42. The number of alkyl halides is 2. The molecule has 0 spiro atoms. The van der Waals surface area contributed by atoms with Crippen LogP contribution in [0.15, 0.2) is 17.1 Å². The Bertz CT molecular complexity index is 173. The van der Waals surface area contributed by atoms with Gasteiger partial charge in [-0.25, -0.2) is 13.2 Å². The first-order valence-corrected chi connectivity index (χ1v) is 2.13. The maximum atomic E-state index is 12.0. The molecule has 2 nitrogen and oxygen atoms in total. The van der Waals surface area contributed by atoms with Gasteiger partial charge in [-0.3, -0.25) is 0 Å². The van der Waals surface area contributed by atoms with Crippen LogP contribution >= 0.6 is 0 Å². The molecule has 0 aromatic carbocycles. The first-order chi connectivity index (χ1) is 4.22. The lowest BCUT2D eigenvalue weighted by Gasteiger charge is -1.91. The van der Waals surface area contributed by atoms with Crippen molar-refractivity contribution >= 4 is 5.71 Å². The molecule has 1 radical (unpaired) electrons. The lowest BCUT2D eigenvalue weighted by Crippen LogP contribution is -2.08. The Balaban J connectivity index is 2.72. The molecule has 49 valence electrons. The second kappa shape index (κ2) is 2.08. The average Bonchev–Trinajstić information content (AvgIpc) is 2.13. The summed E-state index contributed by atoms with van der Waals surface area (Å²) in [5.74, 6) is -1.05. The Morgan fingerprint density at radius 2 is 2.11 bits per heavy atom. The number of rotatable bonds is 1. The Hall–Kier alpha value is -1.00. The number of hydrogen-bond donors (Lipinski definition) is 0. The molecule has 0 aromatic rings. The van der Waals surface area contributed by atoms with Gasteiger partial charge in [-0.15, -0.1) is 5.10 Å². The van der Waals surface area contributed by atoms with Crippen LogP contribution in [-0.4, -0.2) is 12.1 Å². The fourth-order valence-corrected chi connectivity index (χ4v) is 0.404. The summed E-state index contributed by atoms with van der Waals surface area (Å²) < 4.78 is 35.0. The molecule has 0 amide bonds. The van der Waals surface area contributed by atoms with Gasteiger partial charge in [0, 0.05) is 0 Å². The predicted molar refractivity (Wildman–Crippen MR) is 24.8 cm³/mol. The third-order valence-corrected chi connectivity index (χ3v) is 0.788. The predicted octanol–water partition coefficient (Wildman–Crippen LogP) is 1.04. The van der Waals surface area contributed by atoms with Gasteiger partial charge in [0.2, 0.25) is 0 Å². The molecule has 0 fully saturated rings. The van der Waals surface area contributed by atoms with Gasteiger partial charge in [0.05, 0.1) is 6.20 Å². The summed E-state index contributed by atoms with van der Waals surface area (Å²) >= 11 is 0. The molecule has 9 heavy (non-hydrogen) atoms. The van der Waals surface area contributed by atoms with Crippen molar-refractivity contribution in [1.29, 1.82) is 0 Å². The van der Waals surface area contributed by atoms with Crippen molar-refractivity contribution in [2.45, 2.75) is 6.43 Å². The number of halogens is 3.